The Morgan fingerprint density at radius 1 is 1.04 bits per heavy atom. The molecule has 0 fully saturated rings. The molecule has 0 bridgehead atoms. The van der Waals surface area contributed by atoms with E-state index in [-0.39, 0.29) is 25.4 Å². The van der Waals surface area contributed by atoms with E-state index in [0.717, 1.165) is 16.6 Å². The molecule has 1 heterocycles. The van der Waals surface area contributed by atoms with Crippen LogP contribution in [0, 0.1) is 0 Å². The molecule has 1 aromatic heterocycles. The molecule has 0 aliphatic rings. The highest BCUT2D eigenvalue weighted by Crippen LogP contribution is 2.11. The minimum absolute atomic E-state index is 0.0616. The Bertz CT molecular complexity index is 875. The van der Waals surface area contributed by atoms with Crippen molar-refractivity contribution in [1.82, 2.24) is 19.9 Å². The van der Waals surface area contributed by atoms with E-state index in [1.54, 1.807) is 9.58 Å². The molecule has 0 aliphatic heterocycles. The van der Waals surface area contributed by atoms with E-state index in [9.17, 15) is 9.59 Å². The van der Waals surface area contributed by atoms with Crippen molar-refractivity contribution in [2.24, 2.45) is 5.73 Å². The van der Waals surface area contributed by atoms with Gasteiger partial charge in [-0.15, -0.1) is 5.10 Å². The molecular weight excluding hydrogens is 318 g/mol. The number of aromatic nitrogens is 3. The lowest BCUT2D eigenvalue weighted by molar-refractivity contribution is -0.133. The maximum Gasteiger partial charge on any atom is 0.244 e. The molecule has 2 aromatic carbocycles. The van der Waals surface area contributed by atoms with Gasteiger partial charge in [-0.25, -0.2) is 4.68 Å². The van der Waals surface area contributed by atoms with Gasteiger partial charge in [0.2, 0.25) is 11.8 Å². The standard InChI is InChI=1S/C18H19N5O2/c19-17(24)10-11-22(12-14-6-2-1-3-7-14)18(25)13-23-16-9-5-4-8-15(16)20-21-23/h1-9H,10-13H2,(H2,19,24). The summed E-state index contributed by atoms with van der Waals surface area (Å²) in [5, 5.41) is 8.10. The van der Waals surface area contributed by atoms with Crippen molar-refractivity contribution in [3.8, 4) is 0 Å². The summed E-state index contributed by atoms with van der Waals surface area (Å²) in [5.41, 5.74) is 7.76. The molecule has 0 aliphatic carbocycles. The second-order valence-electron chi connectivity index (χ2n) is 5.75. The molecule has 0 spiro atoms. The monoisotopic (exact) mass is 337 g/mol. The maximum absolute atomic E-state index is 12.8. The Labute approximate surface area is 145 Å². The van der Waals surface area contributed by atoms with Crippen LogP contribution in [0.4, 0.5) is 0 Å². The average molecular weight is 337 g/mol. The molecule has 3 rings (SSSR count). The third kappa shape index (κ3) is 4.20. The highest BCUT2D eigenvalue weighted by atomic mass is 16.2. The van der Waals surface area contributed by atoms with Crippen LogP contribution in [0.5, 0.6) is 0 Å². The zero-order valence-corrected chi connectivity index (χ0v) is 13.7. The molecule has 0 unspecified atom stereocenters. The van der Waals surface area contributed by atoms with Crippen molar-refractivity contribution < 1.29 is 9.59 Å². The first-order valence-electron chi connectivity index (χ1n) is 8.02. The smallest absolute Gasteiger partial charge is 0.244 e. The number of para-hydroxylation sites is 1. The first-order valence-corrected chi connectivity index (χ1v) is 8.02. The number of rotatable bonds is 7. The third-order valence-corrected chi connectivity index (χ3v) is 3.90. The number of nitrogens with zero attached hydrogens (tertiary/aromatic N) is 4. The number of carbonyl (C=O) groups is 2. The summed E-state index contributed by atoms with van der Waals surface area (Å²) in [7, 11) is 0. The predicted octanol–water partition coefficient (Wildman–Crippen LogP) is 1.34. The zero-order chi connectivity index (χ0) is 17.6. The summed E-state index contributed by atoms with van der Waals surface area (Å²) in [6.45, 7) is 0.751. The van der Waals surface area contributed by atoms with Gasteiger partial charge in [0.25, 0.3) is 0 Å². The minimum atomic E-state index is -0.433. The average Bonchev–Trinajstić information content (AvgIpc) is 3.02. The number of hydrogen-bond donors (Lipinski definition) is 1. The molecule has 7 nitrogen and oxygen atoms in total. The first kappa shape index (κ1) is 16.6. The van der Waals surface area contributed by atoms with Gasteiger partial charge in [-0.3, -0.25) is 9.59 Å². The maximum atomic E-state index is 12.8. The summed E-state index contributed by atoms with van der Waals surface area (Å²) in [6.07, 6.45) is 0.122. The van der Waals surface area contributed by atoms with Crippen LogP contribution in [-0.4, -0.2) is 38.3 Å². The van der Waals surface area contributed by atoms with Gasteiger partial charge < -0.3 is 10.6 Å². The van der Waals surface area contributed by atoms with Crippen molar-refractivity contribution in [2.45, 2.75) is 19.5 Å². The zero-order valence-electron chi connectivity index (χ0n) is 13.7. The molecule has 7 heteroatoms. The summed E-state index contributed by atoms with van der Waals surface area (Å²) in [5.74, 6) is -0.571. The van der Waals surface area contributed by atoms with Crippen LogP contribution in [-0.2, 0) is 22.7 Å². The molecular formula is C18H19N5O2. The van der Waals surface area contributed by atoms with Crippen LogP contribution < -0.4 is 5.73 Å². The minimum Gasteiger partial charge on any atom is -0.370 e. The van der Waals surface area contributed by atoms with Crippen molar-refractivity contribution in [3.63, 3.8) is 0 Å². The van der Waals surface area contributed by atoms with E-state index in [0.29, 0.717) is 6.54 Å². The van der Waals surface area contributed by atoms with Crippen LogP contribution in [0.15, 0.2) is 54.6 Å². The van der Waals surface area contributed by atoms with Crippen LogP contribution in [0.25, 0.3) is 11.0 Å². The topological polar surface area (TPSA) is 94.1 Å². The Morgan fingerprint density at radius 3 is 2.52 bits per heavy atom. The Hall–Kier alpha value is -3.22. The highest BCUT2D eigenvalue weighted by molar-refractivity contribution is 5.80. The van der Waals surface area contributed by atoms with Crippen LogP contribution in [0.2, 0.25) is 0 Å². The number of primary amides is 1. The van der Waals surface area contributed by atoms with Crippen molar-refractivity contribution in [3.05, 3.63) is 60.2 Å². The number of carbonyl (C=O) groups excluding carboxylic acids is 2. The summed E-state index contributed by atoms with van der Waals surface area (Å²) < 4.78 is 1.57. The molecule has 0 atom stereocenters. The number of amides is 2. The fraction of sp³-hybridized carbons (Fsp3) is 0.222. The van der Waals surface area contributed by atoms with E-state index in [4.69, 9.17) is 5.73 Å². The molecule has 128 valence electrons. The van der Waals surface area contributed by atoms with E-state index in [2.05, 4.69) is 10.3 Å². The second kappa shape index (κ2) is 7.57. The SMILES string of the molecule is NC(=O)CCN(Cc1ccccc1)C(=O)Cn1nnc2ccccc21. The lowest BCUT2D eigenvalue weighted by Crippen LogP contribution is -2.36. The summed E-state index contributed by atoms with van der Waals surface area (Å²) >= 11 is 0. The quantitative estimate of drug-likeness (QED) is 0.704. The lowest BCUT2D eigenvalue weighted by Gasteiger charge is -2.22. The molecule has 3 aromatic rings. The number of fused-ring (bicyclic) bond motifs is 1. The van der Waals surface area contributed by atoms with E-state index in [1.807, 2.05) is 54.6 Å². The molecule has 2 amide bonds. The van der Waals surface area contributed by atoms with E-state index < -0.39 is 5.91 Å². The van der Waals surface area contributed by atoms with E-state index in [1.165, 1.54) is 0 Å². The fourth-order valence-electron chi connectivity index (χ4n) is 2.60. The molecule has 2 N–H and O–H groups in total. The molecule has 0 saturated carbocycles. The van der Waals surface area contributed by atoms with Crippen molar-refractivity contribution >= 4 is 22.8 Å². The van der Waals surface area contributed by atoms with Gasteiger partial charge in [0, 0.05) is 19.5 Å². The van der Waals surface area contributed by atoms with Crippen molar-refractivity contribution in [1.29, 1.82) is 0 Å². The summed E-state index contributed by atoms with van der Waals surface area (Å²) in [4.78, 5) is 25.5. The largest absolute Gasteiger partial charge is 0.370 e. The van der Waals surface area contributed by atoms with Gasteiger partial charge in [0.1, 0.15) is 12.1 Å². The van der Waals surface area contributed by atoms with Gasteiger partial charge >= 0.3 is 0 Å². The number of benzene rings is 2. The van der Waals surface area contributed by atoms with Gasteiger partial charge in [-0.05, 0) is 17.7 Å². The van der Waals surface area contributed by atoms with Gasteiger partial charge in [0.05, 0.1) is 5.52 Å². The Morgan fingerprint density at radius 2 is 1.76 bits per heavy atom. The second-order valence-corrected chi connectivity index (χ2v) is 5.75. The lowest BCUT2D eigenvalue weighted by atomic mass is 10.2. The molecule has 0 saturated heterocycles. The number of nitrogens with two attached hydrogens (primary N) is 1. The predicted molar refractivity (Wildman–Crippen MR) is 93.2 cm³/mol. The van der Waals surface area contributed by atoms with Crippen LogP contribution in [0.1, 0.15) is 12.0 Å². The van der Waals surface area contributed by atoms with Gasteiger partial charge in [-0.2, -0.15) is 0 Å². The number of hydrogen-bond acceptors (Lipinski definition) is 4. The van der Waals surface area contributed by atoms with Gasteiger partial charge in [-0.1, -0.05) is 47.7 Å². The molecule has 0 radical (unpaired) electrons. The van der Waals surface area contributed by atoms with E-state index >= 15 is 0 Å². The first-order chi connectivity index (χ1) is 12.1. The Kier molecular flexibility index (Phi) is 5.03. The Balaban J connectivity index is 1.76. The van der Waals surface area contributed by atoms with Crippen LogP contribution in [0.3, 0.4) is 0 Å². The third-order valence-electron chi connectivity index (χ3n) is 3.90. The van der Waals surface area contributed by atoms with Gasteiger partial charge in [0.15, 0.2) is 0 Å². The molecule has 25 heavy (non-hydrogen) atoms. The fourth-order valence-corrected chi connectivity index (χ4v) is 2.60. The van der Waals surface area contributed by atoms with Crippen molar-refractivity contribution in [2.75, 3.05) is 6.54 Å². The highest BCUT2D eigenvalue weighted by Gasteiger charge is 2.17. The summed E-state index contributed by atoms with van der Waals surface area (Å²) in [6, 6.07) is 17.1. The normalized spacial score (nSPS) is 10.7. The van der Waals surface area contributed by atoms with Crippen LogP contribution >= 0.6 is 0 Å².